The van der Waals surface area contributed by atoms with Gasteiger partial charge in [-0.2, -0.15) is 0 Å². The van der Waals surface area contributed by atoms with E-state index in [0.717, 1.165) is 23.4 Å². The van der Waals surface area contributed by atoms with Crippen LogP contribution in [0.1, 0.15) is 18.4 Å². The van der Waals surface area contributed by atoms with Gasteiger partial charge >= 0.3 is 0 Å². The van der Waals surface area contributed by atoms with Crippen LogP contribution < -0.4 is 5.32 Å². The average Bonchev–Trinajstić information content (AvgIpc) is 2.18. The van der Waals surface area contributed by atoms with Gasteiger partial charge in [0.05, 0.1) is 0 Å². The maximum absolute atomic E-state index is 5.87. The molecule has 14 heavy (non-hydrogen) atoms. The second-order valence-electron chi connectivity index (χ2n) is 3.20. The first-order valence-corrected chi connectivity index (χ1v) is 6.34. The number of hydrogen-bond acceptors (Lipinski definition) is 1. The smallest absolute Gasteiger partial charge is 0.0409 e. The third-order valence-corrected chi connectivity index (χ3v) is 2.75. The molecule has 0 unspecified atom stereocenters. The highest BCUT2D eigenvalue weighted by Gasteiger charge is 1.93. The Bertz CT molecular complexity index is 265. The largest absolute Gasteiger partial charge is 0.313 e. The molecule has 0 spiro atoms. The number of alkyl halides is 1. The lowest BCUT2D eigenvalue weighted by Gasteiger charge is -2.04. The summed E-state index contributed by atoms with van der Waals surface area (Å²) in [6.07, 6.45) is 2.44. The fourth-order valence-corrected chi connectivity index (χ4v) is 1.83. The molecule has 0 heterocycles. The Morgan fingerprint density at radius 3 is 2.86 bits per heavy atom. The second kappa shape index (κ2) is 7.27. The number of nitrogens with one attached hydrogen (secondary N) is 1. The lowest BCUT2D eigenvalue weighted by molar-refractivity contribution is 0.645. The number of hydrogen-bond donors (Lipinski definition) is 1. The monoisotopic (exact) mass is 275 g/mol. The van der Waals surface area contributed by atoms with Gasteiger partial charge in [0.25, 0.3) is 0 Å². The number of halogens is 2. The first-order valence-electron chi connectivity index (χ1n) is 4.84. The van der Waals surface area contributed by atoms with Crippen LogP contribution in [0.5, 0.6) is 0 Å². The molecule has 0 fully saturated rings. The zero-order valence-electron chi connectivity index (χ0n) is 8.10. The van der Waals surface area contributed by atoms with E-state index in [1.165, 1.54) is 18.4 Å². The third-order valence-electron chi connectivity index (χ3n) is 1.96. The lowest BCUT2D eigenvalue weighted by Crippen LogP contribution is -2.14. The summed E-state index contributed by atoms with van der Waals surface area (Å²) in [7, 11) is 0. The molecule has 0 saturated heterocycles. The van der Waals surface area contributed by atoms with Crippen LogP contribution in [0.3, 0.4) is 0 Å². The van der Waals surface area contributed by atoms with Gasteiger partial charge in [0, 0.05) is 16.9 Å². The maximum atomic E-state index is 5.87. The Hall–Kier alpha value is -0.0500. The molecule has 0 atom stereocenters. The van der Waals surface area contributed by atoms with Crippen molar-refractivity contribution in [1.29, 1.82) is 0 Å². The summed E-state index contributed by atoms with van der Waals surface area (Å²) in [4.78, 5) is 0. The van der Waals surface area contributed by atoms with Gasteiger partial charge in [0.2, 0.25) is 0 Å². The van der Waals surface area contributed by atoms with Crippen molar-refractivity contribution in [2.24, 2.45) is 0 Å². The zero-order chi connectivity index (χ0) is 10.2. The predicted octanol–water partition coefficient (Wildman–Crippen LogP) is 3.60. The second-order valence-corrected chi connectivity index (χ2v) is 4.43. The quantitative estimate of drug-likeness (QED) is 0.618. The van der Waals surface area contributed by atoms with Crippen molar-refractivity contribution < 1.29 is 0 Å². The van der Waals surface area contributed by atoms with Crippen molar-refractivity contribution >= 4 is 27.5 Å². The number of unbranched alkanes of at least 4 members (excludes halogenated alkanes) is 1. The summed E-state index contributed by atoms with van der Waals surface area (Å²) in [6, 6.07) is 7.97. The van der Waals surface area contributed by atoms with Crippen molar-refractivity contribution in [3.05, 3.63) is 34.9 Å². The molecular formula is C11H15BrClN. The van der Waals surface area contributed by atoms with E-state index in [4.69, 9.17) is 11.6 Å². The lowest BCUT2D eigenvalue weighted by atomic mass is 10.2. The Balaban J connectivity index is 2.18. The van der Waals surface area contributed by atoms with E-state index < -0.39 is 0 Å². The highest BCUT2D eigenvalue weighted by Crippen LogP contribution is 2.10. The molecule has 3 heteroatoms. The van der Waals surface area contributed by atoms with Crippen LogP contribution in [-0.4, -0.2) is 11.9 Å². The molecule has 1 N–H and O–H groups in total. The number of rotatable bonds is 6. The van der Waals surface area contributed by atoms with Gasteiger partial charge in [-0.25, -0.2) is 0 Å². The molecule has 1 rings (SSSR count). The maximum Gasteiger partial charge on any atom is 0.0409 e. The van der Waals surface area contributed by atoms with E-state index in [-0.39, 0.29) is 0 Å². The van der Waals surface area contributed by atoms with Gasteiger partial charge in [0.15, 0.2) is 0 Å². The van der Waals surface area contributed by atoms with Gasteiger partial charge in [-0.3, -0.25) is 0 Å². The highest BCUT2D eigenvalue weighted by molar-refractivity contribution is 9.09. The molecule has 0 radical (unpaired) electrons. The molecular weight excluding hydrogens is 261 g/mol. The standard InChI is InChI=1S/C11H15BrClN/c12-6-1-2-7-14-9-10-4-3-5-11(13)8-10/h3-5,8,14H,1-2,6-7,9H2. The van der Waals surface area contributed by atoms with E-state index in [9.17, 15) is 0 Å². The first kappa shape index (κ1) is 12.0. The van der Waals surface area contributed by atoms with Crippen molar-refractivity contribution in [1.82, 2.24) is 5.32 Å². The predicted molar refractivity (Wildman–Crippen MR) is 66.2 cm³/mol. The molecule has 1 nitrogen and oxygen atoms in total. The number of benzene rings is 1. The van der Waals surface area contributed by atoms with Gasteiger partial charge in [-0.05, 0) is 37.1 Å². The Morgan fingerprint density at radius 1 is 1.29 bits per heavy atom. The minimum atomic E-state index is 0.810. The molecule has 78 valence electrons. The highest BCUT2D eigenvalue weighted by atomic mass is 79.9. The molecule has 1 aromatic carbocycles. The van der Waals surface area contributed by atoms with Gasteiger partial charge in [-0.1, -0.05) is 39.7 Å². The van der Waals surface area contributed by atoms with Crippen molar-refractivity contribution in [2.45, 2.75) is 19.4 Å². The Labute approximate surface area is 99.0 Å². The van der Waals surface area contributed by atoms with E-state index in [1.54, 1.807) is 0 Å². The van der Waals surface area contributed by atoms with E-state index >= 15 is 0 Å². The summed E-state index contributed by atoms with van der Waals surface area (Å²) < 4.78 is 0. The van der Waals surface area contributed by atoms with E-state index in [0.29, 0.717) is 0 Å². The molecule has 0 amide bonds. The normalized spacial score (nSPS) is 10.4. The summed E-state index contributed by atoms with van der Waals surface area (Å²) in [5.41, 5.74) is 1.25. The van der Waals surface area contributed by atoms with Crippen LogP contribution in [0.2, 0.25) is 5.02 Å². The molecule has 0 saturated carbocycles. The molecule has 1 aromatic rings. The fraction of sp³-hybridized carbons (Fsp3) is 0.455. The summed E-state index contributed by atoms with van der Waals surface area (Å²) in [5, 5.41) is 5.28. The van der Waals surface area contributed by atoms with Crippen LogP contribution in [0.15, 0.2) is 24.3 Å². The molecule has 0 aliphatic rings. The summed E-state index contributed by atoms with van der Waals surface area (Å²) in [6.45, 7) is 1.97. The minimum absolute atomic E-state index is 0.810. The SMILES string of the molecule is Clc1cccc(CNCCCCBr)c1. The average molecular weight is 277 g/mol. The van der Waals surface area contributed by atoms with Crippen LogP contribution >= 0.6 is 27.5 Å². The summed E-state index contributed by atoms with van der Waals surface area (Å²) >= 11 is 9.28. The van der Waals surface area contributed by atoms with Crippen LogP contribution in [0.25, 0.3) is 0 Å². The zero-order valence-corrected chi connectivity index (χ0v) is 10.4. The Morgan fingerprint density at radius 2 is 2.14 bits per heavy atom. The van der Waals surface area contributed by atoms with Gasteiger partial charge in [0.1, 0.15) is 0 Å². The van der Waals surface area contributed by atoms with Crippen molar-refractivity contribution in [3.8, 4) is 0 Å². The van der Waals surface area contributed by atoms with Gasteiger partial charge < -0.3 is 5.32 Å². The van der Waals surface area contributed by atoms with Crippen LogP contribution in [0, 0.1) is 0 Å². The fourth-order valence-electron chi connectivity index (χ4n) is 1.22. The molecule has 0 aliphatic carbocycles. The first-order chi connectivity index (χ1) is 6.83. The van der Waals surface area contributed by atoms with Crippen LogP contribution in [0.4, 0.5) is 0 Å². The van der Waals surface area contributed by atoms with Gasteiger partial charge in [-0.15, -0.1) is 0 Å². The minimum Gasteiger partial charge on any atom is -0.313 e. The van der Waals surface area contributed by atoms with E-state index in [2.05, 4.69) is 27.3 Å². The Kier molecular flexibility index (Phi) is 6.24. The molecule has 0 bridgehead atoms. The van der Waals surface area contributed by atoms with Crippen molar-refractivity contribution in [3.63, 3.8) is 0 Å². The topological polar surface area (TPSA) is 12.0 Å². The van der Waals surface area contributed by atoms with Crippen LogP contribution in [-0.2, 0) is 6.54 Å². The van der Waals surface area contributed by atoms with Crippen molar-refractivity contribution in [2.75, 3.05) is 11.9 Å². The third kappa shape index (κ3) is 4.99. The molecule has 0 aromatic heterocycles. The molecule has 0 aliphatic heterocycles. The summed E-state index contributed by atoms with van der Waals surface area (Å²) in [5.74, 6) is 0. The van der Waals surface area contributed by atoms with E-state index in [1.807, 2.05) is 18.2 Å².